The molecule has 6 nitrogen and oxygen atoms in total. The normalized spacial score (nSPS) is 20.8. The lowest BCUT2D eigenvalue weighted by Crippen LogP contribution is -2.45. The molecule has 1 saturated heterocycles. The van der Waals surface area contributed by atoms with Crippen molar-refractivity contribution in [1.29, 1.82) is 0 Å². The molecule has 1 atom stereocenters. The number of morpholine rings is 1. The van der Waals surface area contributed by atoms with Crippen LogP contribution in [0.15, 0.2) is 12.4 Å². The van der Waals surface area contributed by atoms with Crippen LogP contribution in [0.5, 0.6) is 0 Å². The first kappa shape index (κ1) is 10.8. The second-order valence-electron chi connectivity index (χ2n) is 3.72. The zero-order valence-corrected chi connectivity index (χ0v) is 9.09. The first-order chi connectivity index (χ1) is 7.68. The maximum absolute atomic E-state index is 12.1. The molecular formula is C10H14N4O2. The van der Waals surface area contributed by atoms with Crippen molar-refractivity contribution in [2.75, 3.05) is 25.4 Å². The Morgan fingerprint density at radius 2 is 2.31 bits per heavy atom. The number of anilines is 1. The predicted octanol–water partition coefficient (Wildman–Crippen LogP) is -0.0803. The van der Waals surface area contributed by atoms with E-state index in [4.69, 9.17) is 10.5 Å². The topological polar surface area (TPSA) is 81.3 Å². The van der Waals surface area contributed by atoms with Crippen molar-refractivity contribution < 1.29 is 9.53 Å². The average Bonchev–Trinajstić information content (AvgIpc) is 2.29. The summed E-state index contributed by atoms with van der Waals surface area (Å²) >= 11 is 0. The highest BCUT2D eigenvalue weighted by Crippen LogP contribution is 2.11. The number of nitrogens with two attached hydrogens (primary N) is 1. The third-order valence-electron chi connectivity index (χ3n) is 2.46. The number of carbonyl (C=O) groups is 1. The van der Waals surface area contributed by atoms with Crippen LogP contribution in [0.25, 0.3) is 0 Å². The van der Waals surface area contributed by atoms with E-state index in [-0.39, 0.29) is 23.5 Å². The van der Waals surface area contributed by atoms with Crippen LogP contribution in [0.3, 0.4) is 0 Å². The van der Waals surface area contributed by atoms with Crippen LogP contribution in [-0.4, -0.2) is 46.6 Å². The molecule has 1 aliphatic heterocycles. The summed E-state index contributed by atoms with van der Waals surface area (Å²) < 4.78 is 5.36. The first-order valence-corrected chi connectivity index (χ1v) is 5.16. The number of ether oxygens (including phenoxy) is 1. The molecule has 2 rings (SSSR count). The van der Waals surface area contributed by atoms with Gasteiger partial charge in [-0.2, -0.15) is 0 Å². The molecule has 2 N–H and O–H groups in total. The molecule has 0 aromatic carbocycles. The lowest BCUT2D eigenvalue weighted by molar-refractivity contribution is -0.0126. The second-order valence-corrected chi connectivity index (χ2v) is 3.72. The molecule has 16 heavy (non-hydrogen) atoms. The van der Waals surface area contributed by atoms with Crippen molar-refractivity contribution in [3.63, 3.8) is 0 Å². The first-order valence-electron chi connectivity index (χ1n) is 5.16. The minimum Gasteiger partial charge on any atom is -0.382 e. The highest BCUT2D eigenvalue weighted by atomic mass is 16.5. The van der Waals surface area contributed by atoms with Crippen LogP contribution >= 0.6 is 0 Å². The highest BCUT2D eigenvalue weighted by molar-refractivity contribution is 5.96. The van der Waals surface area contributed by atoms with E-state index in [1.165, 1.54) is 12.4 Å². The third kappa shape index (κ3) is 2.11. The van der Waals surface area contributed by atoms with Gasteiger partial charge in [-0.15, -0.1) is 0 Å². The lowest BCUT2D eigenvalue weighted by Gasteiger charge is -2.30. The van der Waals surface area contributed by atoms with Crippen LogP contribution in [0, 0.1) is 0 Å². The maximum atomic E-state index is 12.1. The van der Waals surface area contributed by atoms with Gasteiger partial charge in [0.1, 0.15) is 0 Å². The van der Waals surface area contributed by atoms with Crippen molar-refractivity contribution in [2.24, 2.45) is 0 Å². The van der Waals surface area contributed by atoms with E-state index >= 15 is 0 Å². The van der Waals surface area contributed by atoms with Crippen LogP contribution in [0.4, 0.5) is 5.82 Å². The van der Waals surface area contributed by atoms with E-state index in [1.54, 1.807) is 4.90 Å². The van der Waals surface area contributed by atoms with Crippen molar-refractivity contribution in [2.45, 2.75) is 13.0 Å². The van der Waals surface area contributed by atoms with Crippen molar-refractivity contribution in [1.82, 2.24) is 14.9 Å². The van der Waals surface area contributed by atoms with Gasteiger partial charge in [0.05, 0.1) is 12.7 Å². The van der Waals surface area contributed by atoms with Gasteiger partial charge in [-0.25, -0.2) is 9.97 Å². The molecule has 0 aliphatic carbocycles. The van der Waals surface area contributed by atoms with E-state index in [0.29, 0.717) is 19.7 Å². The van der Waals surface area contributed by atoms with Gasteiger partial charge in [0.2, 0.25) is 0 Å². The van der Waals surface area contributed by atoms with Gasteiger partial charge >= 0.3 is 0 Å². The molecule has 1 amide bonds. The third-order valence-corrected chi connectivity index (χ3v) is 2.46. The summed E-state index contributed by atoms with van der Waals surface area (Å²) in [5, 5.41) is 0. The minimum atomic E-state index is -0.180. The molecular weight excluding hydrogens is 208 g/mol. The SMILES string of the molecule is C[C@H]1CN(C(=O)c2nccnc2N)CCO1. The Bertz CT molecular complexity index is 396. The van der Waals surface area contributed by atoms with Gasteiger partial charge in [-0.1, -0.05) is 0 Å². The zero-order valence-electron chi connectivity index (χ0n) is 9.09. The van der Waals surface area contributed by atoms with Gasteiger partial charge in [0.25, 0.3) is 5.91 Å². The Kier molecular flexibility index (Phi) is 3.00. The standard InChI is InChI=1S/C10H14N4O2/c1-7-6-14(4-5-16-7)10(15)8-9(11)13-3-2-12-8/h2-3,7H,4-6H2,1H3,(H2,11,13)/t7-/m0/s1. The largest absolute Gasteiger partial charge is 0.382 e. The number of hydrogen-bond donors (Lipinski definition) is 1. The Balaban J connectivity index is 2.16. The second kappa shape index (κ2) is 4.44. The predicted molar refractivity (Wildman–Crippen MR) is 57.8 cm³/mol. The summed E-state index contributed by atoms with van der Waals surface area (Å²) in [7, 11) is 0. The Hall–Kier alpha value is -1.69. The van der Waals surface area contributed by atoms with Gasteiger partial charge in [0, 0.05) is 25.5 Å². The average molecular weight is 222 g/mol. The summed E-state index contributed by atoms with van der Waals surface area (Å²) in [6.45, 7) is 3.61. The Labute approximate surface area is 93.4 Å². The fraction of sp³-hybridized carbons (Fsp3) is 0.500. The van der Waals surface area contributed by atoms with Crippen LogP contribution in [0.1, 0.15) is 17.4 Å². The summed E-state index contributed by atoms with van der Waals surface area (Å²) in [6.07, 6.45) is 2.98. The maximum Gasteiger partial charge on any atom is 0.276 e. The summed E-state index contributed by atoms with van der Waals surface area (Å²) in [5.74, 6) is -0.00704. The molecule has 0 spiro atoms. The van der Waals surface area contributed by atoms with Crippen molar-refractivity contribution in [3.8, 4) is 0 Å². The molecule has 1 fully saturated rings. The van der Waals surface area contributed by atoms with Crippen LogP contribution in [-0.2, 0) is 4.74 Å². The molecule has 0 saturated carbocycles. The fourth-order valence-corrected chi connectivity index (χ4v) is 1.67. The Morgan fingerprint density at radius 1 is 1.56 bits per heavy atom. The van der Waals surface area contributed by atoms with E-state index in [2.05, 4.69) is 9.97 Å². The van der Waals surface area contributed by atoms with E-state index in [9.17, 15) is 4.79 Å². The van der Waals surface area contributed by atoms with Gasteiger partial charge in [-0.05, 0) is 6.92 Å². The quantitative estimate of drug-likeness (QED) is 0.718. The molecule has 86 valence electrons. The van der Waals surface area contributed by atoms with Crippen LogP contribution in [0.2, 0.25) is 0 Å². The highest BCUT2D eigenvalue weighted by Gasteiger charge is 2.24. The molecule has 0 radical (unpaired) electrons. The molecule has 1 aromatic heterocycles. The summed E-state index contributed by atoms with van der Waals surface area (Å²) in [5.41, 5.74) is 5.83. The smallest absolute Gasteiger partial charge is 0.276 e. The van der Waals surface area contributed by atoms with E-state index < -0.39 is 0 Å². The molecule has 6 heteroatoms. The van der Waals surface area contributed by atoms with Crippen molar-refractivity contribution in [3.05, 3.63) is 18.1 Å². The van der Waals surface area contributed by atoms with Crippen LogP contribution < -0.4 is 5.73 Å². The number of carbonyl (C=O) groups excluding carboxylic acids is 1. The number of hydrogen-bond acceptors (Lipinski definition) is 5. The minimum absolute atomic E-state index is 0.0515. The molecule has 0 unspecified atom stereocenters. The van der Waals surface area contributed by atoms with E-state index in [0.717, 1.165) is 0 Å². The lowest BCUT2D eigenvalue weighted by atomic mass is 10.2. The molecule has 0 bridgehead atoms. The number of nitrogen functional groups attached to an aromatic ring is 1. The Morgan fingerprint density at radius 3 is 3.00 bits per heavy atom. The number of nitrogens with zero attached hydrogens (tertiary/aromatic N) is 3. The van der Waals surface area contributed by atoms with Gasteiger partial charge in [0.15, 0.2) is 11.5 Å². The number of rotatable bonds is 1. The van der Waals surface area contributed by atoms with Crippen molar-refractivity contribution >= 4 is 11.7 Å². The zero-order chi connectivity index (χ0) is 11.5. The number of aromatic nitrogens is 2. The monoisotopic (exact) mass is 222 g/mol. The summed E-state index contributed by atoms with van der Waals surface area (Å²) in [6, 6.07) is 0. The van der Waals surface area contributed by atoms with Gasteiger partial charge < -0.3 is 15.4 Å². The summed E-state index contributed by atoms with van der Waals surface area (Å²) in [4.78, 5) is 21.6. The van der Waals surface area contributed by atoms with E-state index in [1.807, 2.05) is 6.92 Å². The number of amides is 1. The molecule has 1 aliphatic rings. The fourth-order valence-electron chi connectivity index (χ4n) is 1.67. The van der Waals surface area contributed by atoms with Gasteiger partial charge in [-0.3, -0.25) is 4.79 Å². The molecule has 1 aromatic rings. The molecule has 2 heterocycles.